The van der Waals surface area contributed by atoms with Crippen LogP contribution in [-0.2, 0) is 14.2 Å². The van der Waals surface area contributed by atoms with Gasteiger partial charge < -0.3 is 14.2 Å². The standard InChI is InChI=1S/C14H25NO3/c15-8-13-17-10-4-2-1-3-9-16-12-7-14-6-5-11-18-14/h14H,1-7,9-13H2. The van der Waals surface area contributed by atoms with Crippen molar-refractivity contribution in [1.29, 1.82) is 5.26 Å². The number of rotatable bonds is 11. The molecule has 1 aliphatic heterocycles. The minimum atomic E-state index is 0.215. The zero-order chi connectivity index (χ0) is 12.9. The summed E-state index contributed by atoms with van der Waals surface area (Å²) in [5, 5.41) is 8.27. The SMILES string of the molecule is N#CCOCCCCCCOCCC1CCCO1. The Labute approximate surface area is 110 Å². The maximum Gasteiger partial charge on any atom is 0.133 e. The van der Waals surface area contributed by atoms with Crippen LogP contribution in [0.15, 0.2) is 0 Å². The van der Waals surface area contributed by atoms with E-state index in [0.717, 1.165) is 45.5 Å². The first kappa shape index (κ1) is 15.4. The summed E-state index contributed by atoms with van der Waals surface area (Å²) in [7, 11) is 0. The van der Waals surface area contributed by atoms with Crippen molar-refractivity contribution in [3.05, 3.63) is 0 Å². The van der Waals surface area contributed by atoms with Gasteiger partial charge in [0.1, 0.15) is 6.61 Å². The van der Waals surface area contributed by atoms with Crippen LogP contribution in [-0.4, -0.2) is 39.1 Å². The molecule has 1 rings (SSSR count). The van der Waals surface area contributed by atoms with Crippen molar-refractivity contribution in [1.82, 2.24) is 0 Å². The second-order valence-electron chi connectivity index (χ2n) is 4.66. The van der Waals surface area contributed by atoms with E-state index in [1.165, 1.54) is 19.3 Å². The molecule has 104 valence electrons. The number of nitriles is 1. The molecular formula is C14H25NO3. The third-order valence-electron chi connectivity index (χ3n) is 3.10. The summed E-state index contributed by atoms with van der Waals surface area (Å²) in [6.07, 6.45) is 8.38. The van der Waals surface area contributed by atoms with Crippen LogP contribution >= 0.6 is 0 Å². The van der Waals surface area contributed by atoms with Crippen molar-refractivity contribution in [3.63, 3.8) is 0 Å². The van der Waals surface area contributed by atoms with E-state index in [0.29, 0.717) is 12.7 Å². The Kier molecular flexibility index (Phi) is 9.82. The normalized spacial score (nSPS) is 18.9. The van der Waals surface area contributed by atoms with Gasteiger partial charge in [0.05, 0.1) is 12.2 Å². The molecule has 1 saturated heterocycles. The first-order valence-corrected chi connectivity index (χ1v) is 7.07. The van der Waals surface area contributed by atoms with Gasteiger partial charge in [0.2, 0.25) is 0 Å². The summed E-state index contributed by atoms with van der Waals surface area (Å²) in [4.78, 5) is 0. The van der Waals surface area contributed by atoms with Gasteiger partial charge in [-0.3, -0.25) is 0 Å². The van der Waals surface area contributed by atoms with E-state index in [1.54, 1.807) is 0 Å². The van der Waals surface area contributed by atoms with Crippen molar-refractivity contribution in [3.8, 4) is 6.07 Å². The second kappa shape index (κ2) is 11.5. The quantitative estimate of drug-likeness (QED) is 0.533. The Bertz CT molecular complexity index is 222. The number of hydrogen-bond acceptors (Lipinski definition) is 4. The van der Waals surface area contributed by atoms with Gasteiger partial charge in [-0.25, -0.2) is 0 Å². The maximum atomic E-state index is 8.27. The largest absolute Gasteiger partial charge is 0.381 e. The van der Waals surface area contributed by atoms with E-state index in [9.17, 15) is 0 Å². The topological polar surface area (TPSA) is 51.5 Å². The molecule has 0 amide bonds. The van der Waals surface area contributed by atoms with E-state index in [1.807, 2.05) is 6.07 Å². The van der Waals surface area contributed by atoms with Crippen LogP contribution in [0.3, 0.4) is 0 Å². The molecule has 1 heterocycles. The Hall–Kier alpha value is -0.630. The van der Waals surface area contributed by atoms with Crippen LogP contribution in [0.4, 0.5) is 0 Å². The maximum absolute atomic E-state index is 8.27. The molecule has 0 bridgehead atoms. The van der Waals surface area contributed by atoms with Crippen molar-refractivity contribution >= 4 is 0 Å². The fourth-order valence-electron chi connectivity index (χ4n) is 2.07. The van der Waals surface area contributed by atoms with Crippen LogP contribution in [0.5, 0.6) is 0 Å². The average molecular weight is 255 g/mol. The molecule has 1 fully saturated rings. The fourth-order valence-corrected chi connectivity index (χ4v) is 2.07. The summed E-state index contributed by atoms with van der Waals surface area (Å²) in [5.41, 5.74) is 0. The van der Waals surface area contributed by atoms with Crippen molar-refractivity contribution in [2.24, 2.45) is 0 Å². The Morgan fingerprint density at radius 3 is 2.50 bits per heavy atom. The highest BCUT2D eigenvalue weighted by atomic mass is 16.5. The monoisotopic (exact) mass is 255 g/mol. The molecule has 0 radical (unpaired) electrons. The van der Waals surface area contributed by atoms with Crippen LogP contribution in [0.2, 0.25) is 0 Å². The van der Waals surface area contributed by atoms with Gasteiger partial charge in [-0.15, -0.1) is 0 Å². The third-order valence-corrected chi connectivity index (χ3v) is 3.10. The Morgan fingerprint density at radius 1 is 1.06 bits per heavy atom. The van der Waals surface area contributed by atoms with Gasteiger partial charge in [-0.05, 0) is 32.1 Å². The first-order chi connectivity index (χ1) is 8.93. The Morgan fingerprint density at radius 2 is 1.83 bits per heavy atom. The lowest BCUT2D eigenvalue weighted by atomic mass is 10.2. The molecule has 0 aliphatic carbocycles. The van der Waals surface area contributed by atoms with E-state index < -0.39 is 0 Å². The number of ether oxygens (including phenoxy) is 3. The van der Waals surface area contributed by atoms with Gasteiger partial charge in [0, 0.05) is 26.4 Å². The van der Waals surface area contributed by atoms with Gasteiger partial charge in [0.25, 0.3) is 0 Å². The molecule has 0 aromatic rings. The first-order valence-electron chi connectivity index (χ1n) is 7.07. The predicted octanol–water partition coefficient (Wildman–Crippen LogP) is 2.67. The Balaban J connectivity index is 1.69. The van der Waals surface area contributed by atoms with Crippen molar-refractivity contribution in [2.75, 3.05) is 33.0 Å². The lowest BCUT2D eigenvalue weighted by Gasteiger charge is -2.09. The number of unbranched alkanes of at least 4 members (excludes halogenated alkanes) is 3. The van der Waals surface area contributed by atoms with E-state index >= 15 is 0 Å². The van der Waals surface area contributed by atoms with Gasteiger partial charge in [0.15, 0.2) is 0 Å². The minimum Gasteiger partial charge on any atom is -0.381 e. The molecule has 0 N–H and O–H groups in total. The molecule has 0 aromatic heterocycles. The number of hydrogen-bond donors (Lipinski definition) is 0. The van der Waals surface area contributed by atoms with Gasteiger partial charge in [-0.1, -0.05) is 12.8 Å². The highest BCUT2D eigenvalue weighted by molar-refractivity contribution is 4.66. The third kappa shape index (κ3) is 8.46. The molecule has 18 heavy (non-hydrogen) atoms. The van der Waals surface area contributed by atoms with E-state index in [4.69, 9.17) is 19.5 Å². The molecule has 0 spiro atoms. The molecule has 0 saturated carbocycles. The highest BCUT2D eigenvalue weighted by Gasteiger charge is 2.14. The molecule has 0 aromatic carbocycles. The van der Waals surface area contributed by atoms with Crippen LogP contribution in [0.1, 0.15) is 44.9 Å². The molecule has 1 aliphatic rings. The summed E-state index contributed by atoms with van der Waals surface area (Å²) < 4.78 is 16.2. The highest BCUT2D eigenvalue weighted by Crippen LogP contribution is 2.15. The number of nitrogens with zero attached hydrogens (tertiary/aromatic N) is 1. The van der Waals surface area contributed by atoms with E-state index in [2.05, 4.69) is 0 Å². The van der Waals surface area contributed by atoms with Crippen LogP contribution in [0, 0.1) is 11.3 Å². The average Bonchev–Trinajstić information content (AvgIpc) is 2.89. The summed E-state index contributed by atoms with van der Waals surface area (Å²) in [5.74, 6) is 0. The molecule has 4 heteroatoms. The lowest BCUT2D eigenvalue weighted by molar-refractivity contribution is 0.0580. The molecule has 4 nitrogen and oxygen atoms in total. The zero-order valence-electron chi connectivity index (χ0n) is 11.2. The van der Waals surface area contributed by atoms with Gasteiger partial charge >= 0.3 is 0 Å². The van der Waals surface area contributed by atoms with Crippen LogP contribution in [0.25, 0.3) is 0 Å². The summed E-state index contributed by atoms with van der Waals surface area (Å²) in [6, 6.07) is 1.96. The molecule has 1 atom stereocenters. The minimum absolute atomic E-state index is 0.215. The summed E-state index contributed by atoms with van der Waals surface area (Å²) in [6.45, 7) is 3.53. The van der Waals surface area contributed by atoms with Gasteiger partial charge in [-0.2, -0.15) is 5.26 Å². The van der Waals surface area contributed by atoms with Crippen LogP contribution < -0.4 is 0 Å². The second-order valence-corrected chi connectivity index (χ2v) is 4.66. The lowest BCUT2D eigenvalue weighted by Crippen LogP contribution is -2.09. The summed E-state index contributed by atoms with van der Waals surface area (Å²) >= 11 is 0. The van der Waals surface area contributed by atoms with Crippen molar-refractivity contribution in [2.45, 2.75) is 51.0 Å². The fraction of sp³-hybridized carbons (Fsp3) is 0.929. The van der Waals surface area contributed by atoms with Crippen molar-refractivity contribution < 1.29 is 14.2 Å². The smallest absolute Gasteiger partial charge is 0.133 e. The molecular weight excluding hydrogens is 230 g/mol. The predicted molar refractivity (Wildman–Crippen MR) is 69.3 cm³/mol. The molecule has 1 unspecified atom stereocenters. The van der Waals surface area contributed by atoms with E-state index in [-0.39, 0.29) is 6.61 Å². The zero-order valence-corrected chi connectivity index (χ0v) is 11.2.